The van der Waals surface area contributed by atoms with E-state index in [1.807, 2.05) is 25.3 Å². The topological polar surface area (TPSA) is 28.7 Å². The van der Waals surface area contributed by atoms with Crippen LogP contribution in [0.15, 0.2) is 16.8 Å². The molecule has 0 aromatic carbocycles. The summed E-state index contributed by atoms with van der Waals surface area (Å²) in [5, 5.41) is 4.09. The molecule has 2 aromatic heterocycles. The van der Waals surface area contributed by atoms with Crippen LogP contribution in [0.1, 0.15) is 11.3 Å². The predicted octanol–water partition coefficient (Wildman–Crippen LogP) is 3.48. The van der Waals surface area contributed by atoms with Gasteiger partial charge >= 0.3 is 0 Å². The van der Waals surface area contributed by atoms with Crippen LogP contribution >= 0.6 is 23.6 Å². The Morgan fingerprint density at radius 2 is 2.21 bits per heavy atom. The third-order valence-electron chi connectivity index (χ3n) is 2.20. The van der Waals surface area contributed by atoms with Gasteiger partial charge in [0.2, 0.25) is 0 Å². The molecule has 0 radical (unpaired) electrons. The van der Waals surface area contributed by atoms with Gasteiger partial charge in [-0.15, -0.1) is 0 Å². The van der Waals surface area contributed by atoms with Crippen molar-refractivity contribution in [2.24, 2.45) is 0 Å². The summed E-state index contributed by atoms with van der Waals surface area (Å²) in [4.78, 5) is 7.59. The third-order valence-corrected chi connectivity index (χ3v) is 3.28. The fraction of sp³-hybridized carbons (Fsp3) is 0.200. The second-order valence-corrected chi connectivity index (χ2v) is 4.32. The van der Waals surface area contributed by atoms with Crippen molar-refractivity contribution >= 4 is 23.6 Å². The van der Waals surface area contributed by atoms with Crippen LogP contribution in [0.3, 0.4) is 0 Å². The number of aromatic nitrogens is 2. The zero-order valence-corrected chi connectivity index (χ0v) is 9.63. The molecule has 2 aromatic rings. The number of rotatable bonds is 1. The summed E-state index contributed by atoms with van der Waals surface area (Å²) in [6, 6.07) is 2.03. The van der Waals surface area contributed by atoms with Crippen LogP contribution in [-0.4, -0.2) is 9.97 Å². The highest BCUT2D eigenvalue weighted by molar-refractivity contribution is 7.71. The number of nitrogens with zero attached hydrogens (tertiary/aromatic N) is 1. The zero-order chi connectivity index (χ0) is 10.1. The van der Waals surface area contributed by atoms with E-state index in [-0.39, 0.29) is 0 Å². The van der Waals surface area contributed by atoms with Crippen LogP contribution in [0.4, 0.5) is 0 Å². The zero-order valence-electron chi connectivity index (χ0n) is 8.00. The SMILES string of the molecule is Cc1[nH]c(-c2ccsc2)nc(=S)c1C. The minimum absolute atomic E-state index is 0.683. The van der Waals surface area contributed by atoms with Crippen molar-refractivity contribution in [2.75, 3.05) is 0 Å². The molecule has 4 heteroatoms. The molecule has 0 aliphatic rings. The van der Waals surface area contributed by atoms with Gasteiger partial charge in [-0.3, -0.25) is 0 Å². The first-order chi connectivity index (χ1) is 6.68. The molecule has 0 amide bonds. The molecule has 0 unspecified atom stereocenters. The molecule has 0 saturated carbocycles. The van der Waals surface area contributed by atoms with Gasteiger partial charge in [-0.2, -0.15) is 11.3 Å². The maximum Gasteiger partial charge on any atom is 0.139 e. The molecule has 0 spiro atoms. The Morgan fingerprint density at radius 1 is 1.43 bits per heavy atom. The van der Waals surface area contributed by atoms with E-state index in [0.29, 0.717) is 4.64 Å². The first kappa shape index (κ1) is 9.55. The van der Waals surface area contributed by atoms with Crippen LogP contribution in [0.5, 0.6) is 0 Å². The van der Waals surface area contributed by atoms with E-state index in [0.717, 1.165) is 22.6 Å². The number of aromatic amines is 1. The van der Waals surface area contributed by atoms with E-state index in [1.54, 1.807) is 11.3 Å². The van der Waals surface area contributed by atoms with Crippen molar-refractivity contribution < 1.29 is 0 Å². The summed E-state index contributed by atoms with van der Waals surface area (Å²) in [5.41, 5.74) is 3.24. The van der Waals surface area contributed by atoms with Crippen LogP contribution in [0.25, 0.3) is 11.4 Å². The number of hydrogen-bond donors (Lipinski definition) is 1. The van der Waals surface area contributed by atoms with Crippen molar-refractivity contribution in [3.63, 3.8) is 0 Å². The quantitative estimate of drug-likeness (QED) is 0.748. The van der Waals surface area contributed by atoms with E-state index in [1.165, 1.54) is 0 Å². The number of thiophene rings is 1. The lowest BCUT2D eigenvalue weighted by atomic mass is 10.2. The van der Waals surface area contributed by atoms with Crippen molar-refractivity contribution in [1.29, 1.82) is 0 Å². The van der Waals surface area contributed by atoms with Crippen molar-refractivity contribution in [3.05, 3.63) is 32.7 Å². The number of H-pyrrole nitrogens is 1. The van der Waals surface area contributed by atoms with E-state index in [9.17, 15) is 0 Å². The van der Waals surface area contributed by atoms with Crippen LogP contribution in [0.2, 0.25) is 0 Å². The molecular weight excluding hydrogens is 212 g/mol. The summed E-state index contributed by atoms with van der Waals surface area (Å²) < 4.78 is 0.683. The van der Waals surface area contributed by atoms with Crippen LogP contribution in [0, 0.1) is 18.5 Å². The van der Waals surface area contributed by atoms with E-state index in [2.05, 4.69) is 15.3 Å². The Balaban J connectivity index is 2.63. The van der Waals surface area contributed by atoms with Gasteiger partial charge < -0.3 is 4.98 Å². The molecule has 0 atom stereocenters. The molecule has 0 saturated heterocycles. The van der Waals surface area contributed by atoms with Gasteiger partial charge in [0.15, 0.2) is 0 Å². The monoisotopic (exact) mass is 222 g/mol. The standard InChI is InChI=1S/C10H10N2S2/c1-6-7(2)11-9(12-10(6)13)8-3-4-14-5-8/h3-5H,1-2H3,(H,11,12,13). The normalized spacial score (nSPS) is 10.4. The number of nitrogens with one attached hydrogen (secondary N) is 1. The summed E-state index contributed by atoms with van der Waals surface area (Å²) in [5.74, 6) is 0.861. The molecule has 0 bridgehead atoms. The molecule has 0 aliphatic carbocycles. The van der Waals surface area contributed by atoms with Gasteiger partial charge in [0, 0.05) is 22.2 Å². The molecule has 14 heavy (non-hydrogen) atoms. The second kappa shape index (κ2) is 3.63. The smallest absolute Gasteiger partial charge is 0.139 e. The minimum Gasteiger partial charge on any atom is -0.343 e. The molecule has 0 fully saturated rings. The highest BCUT2D eigenvalue weighted by atomic mass is 32.1. The average molecular weight is 222 g/mol. The molecule has 0 aliphatic heterocycles. The second-order valence-electron chi connectivity index (χ2n) is 3.15. The maximum absolute atomic E-state index is 5.17. The van der Waals surface area contributed by atoms with E-state index in [4.69, 9.17) is 12.2 Å². The minimum atomic E-state index is 0.683. The Labute approximate surface area is 91.7 Å². The highest BCUT2D eigenvalue weighted by Crippen LogP contribution is 2.19. The van der Waals surface area contributed by atoms with Gasteiger partial charge in [0.1, 0.15) is 10.5 Å². The summed E-state index contributed by atoms with van der Waals surface area (Å²) in [6.45, 7) is 4.00. The summed E-state index contributed by atoms with van der Waals surface area (Å²) >= 11 is 6.83. The van der Waals surface area contributed by atoms with Crippen molar-refractivity contribution in [1.82, 2.24) is 9.97 Å². The van der Waals surface area contributed by atoms with Gasteiger partial charge in [-0.1, -0.05) is 12.2 Å². The molecule has 2 heterocycles. The molecular formula is C10H10N2S2. The Morgan fingerprint density at radius 3 is 2.79 bits per heavy atom. The largest absolute Gasteiger partial charge is 0.343 e. The predicted molar refractivity (Wildman–Crippen MR) is 62.2 cm³/mol. The lowest BCUT2D eigenvalue weighted by Gasteiger charge is -2.03. The Kier molecular flexibility index (Phi) is 2.48. The van der Waals surface area contributed by atoms with Gasteiger partial charge in [0.25, 0.3) is 0 Å². The Bertz CT molecular complexity index is 497. The maximum atomic E-state index is 5.17. The first-order valence-electron chi connectivity index (χ1n) is 4.28. The van der Waals surface area contributed by atoms with Gasteiger partial charge in [0.05, 0.1) is 0 Å². The van der Waals surface area contributed by atoms with Gasteiger partial charge in [-0.05, 0) is 25.3 Å². The van der Waals surface area contributed by atoms with Crippen molar-refractivity contribution in [2.45, 2.75) is 13.8 Å². The van der Waals surface area contributed by atoms with Crippen LogP contribution in [-0.2, 0) is 0 Å². The number of aryl methyl sites for hydroxylation is 1. The van der Waals surface area contributed by atoms with Crippen LogP contribution < -0.4 is 0 Å². The summed E-state index contributed by atoms with van der Waals surface area (Å²) in [7, 11) is 0. The molecule has 1 N–H and O–H groups in total. The highest BCUT2D eigenvalue weighted by Gasteiger charge is 2.03. The fourth-order valence-corrected chi connectivity index (χ4v) is 2.07. The lowest BCUT2D eigenvalue weighted by Crippen LogP contribution is -1.95. The molecule has 2 rings (SSSR count). The lowest BCUT2D eigenvalue weighted by molar-refractivity contribution is 1.06. The molecule has 2 nitrogen and oxygen atoms in total. The fourth-order valence-electron chi connectivity index (χ4n) is 1.18. The summed E-state index contributed by atoms with van der Waals surface area (Å²) in [6.07, 6.45) is 0. The average Bonchev–Trinajstić information content (AvgIpc) is 2.66. The van der Waals surface area contributed by atoms with Gasteiger partial charge in [-0.25, -0.2) is 4.98 Å². The number of hydrogen-bond acceptors (Lipinski definition) is 3. The molecule has 72 valence electrons. The Hall–Kier alpha value is -1.00. The van der Waals surface area contributed by atoms with E-state index < -0.39 is 0 Å². The van der Waals surface area contributed by atoms with Crippen molar-refractivity contribution in [3.8, 4) is 11.4 Å². The van der Waals surface area contributed by atoms with E-state index >= 15 is 0 Å². The third kappa shape index (κ3) is 1.63. The first-order valence-corrected chi connectivity index (χ1v) is 5.63.